The van der Waals surface area contributed by atoms with E-state index in [9.17, 15) is 0 Å². The van der Waals surface area contributed by atoms with Crippen LogP contribution in [0.4, 0.5) is 11.4 Å². The summed E-state index contributed by atoms with van der Waals surface area (Å²) in [4.78, 5) is 6.67. The smallest absolute Gasteiger partial charge is 0.145 e. The molecule has 0 aliphatic carbocycles. The van der Waals surface area contributed by atoms with E-state index in [-0.39, 0.29) is 0 Å². The van der Waals surface area contributed by atoms with Gasteiger partial charge in [-0.25, -0.2) is 0 Å². The van der Waals surface area contributed by atoms with Crippen LogP contribution in [0.1, 0.15) is 11.3 Å². The molecule has 0 unspecified atom stereocenters. The number of hydrogen-bond donors (Lipinski definition) is 1. The van der Waals surface area contributed by atoms with Crippen LogP contribution in [-0.4, -0.2) is 18.1 Å². The van der Waals surface area contributed by atoms with Crippen LogP contribution in [0.5, 0.6) is 11.5 Å². The number of anilines is 2. The molecule has 27 heavy (non-hydrogen) atoms. The lowest BCUT2D eigenvalue weighted by molar-refractivity contribution is 0.476. The molecular formula is C23H23N3O. The molecule has 1 aliphatic rings. The lowest BCUT2D eigenvalue weighted by Gasteiger charge is -2.24. The van der Waals surface area contributed by atoms with Gasteiger partial charge in [0.2, 0.25) is 0 Å². The average molecular weight is 357 g/mol. The van der Waals surface area contributed by atoms with Crippen molar-refractivity contribution in [2.75, 3.05) is 23.7 Å². The minimum atomic E-state index is 0.734. The molecule has 0 radical (unpaired) electrons. The number of hydrogen-bond acceptors (Lipinski definition) is 4. The van der Waals surface area contributed by atoms with Gasteiger partial charge in [-0.1, -0.05) is 24.3 Å². The number of nitrogens with two attached hydrogens (primary N) is 1. The second-order valence-electron chi connectivity index (χ2n) is 6.87. The molecule has 3 aromatic rings. The Bertz CT molecular complexity index is 985. The number of pyridine rings is 1. The van der Waals surface area contributed by atoms with Crippen molar-refractivity contribution in [3.63, 3.8) is 0 Å². The first-order valence-electron chi connectivity index (χ1n) is 9.11. The largest absolute Gasteiger partial charge is 0.455 e. The van der Waals surface area contributed by atoms with E-state index in [1.807, 2.05) is 37.3 Å². The zero-order valence-corrected chi connectivity index (χ0v) is 15.6. The summed E-state index contributed by atoms with van der Waals surface area (Å²) in [7, 11) is 0. The van der Waals surface area contributed by atoms with Crippen LogP contribution in [0, 0.1) is 13.8 Å². The quantitative estimate of drug-likeness (QED) is 0.520. The normalized spacial score (nSPS) is 13.2. The first-order valence-corrected chi connectivity index (χ1v) is 9.11. The molecule has 0 fully saturated rings. The van der Waals surface area contributed by atoms with Crippen LogP contribution in [-0.2, 0) is 0 Å². The van der Waals surface area contributed by atoms with E-state index in [0.29, 0.717) is 0 Å². The Labute approximate surface area is 159 Å². The van der Waals surface area contributed by atoms with Gasteiger partial charge in [-0.3, -0.25) is 4.98 Å². The summed E-state index contributed by atoms with van der Waals surface area (Å²) in [6.45, 7) is 5.87. The summed E-state index contributed by atoms with van der Waals surface area (Å²) in [5.74, 6) is 1.56. The van der Waals surface area contributed by atoms with Crippen LogP contribution in [0.25, 0.3) is 11.1 Å². The van der Waals surface area contributed by atoms with Crippen LogP contribution in [0.3, 0.4) is 0 Å². The van der Waals surface area contributed by atoms with E-state index in [2.05, 4.69) is 47.2 Å². The number of nitrogens with zero attached hydrogens (tertiary/aromatic N) is 2. The summed E-state index contributed by atoms with van der Waals surface area (Å²) in [6.07, 6.45) is 6.15. The van der Waals surface area contributed by atoms with Crippen LogP contribution in [0.15, 0.2) is 66.9 Å². The van der Waals surface area contributed by atoms with Gasteiger partial charge in [0.25, 0.3) is 0 Å². The standard InChI is InChI=1S/C23H23N3O/c1-16-12-22(26-10-3-4-11-26)21(18-6-5-7-19(24)13-18)14-23(16)27-20-9-8-17(2)25-15-20/h3-9,12-15H,10-11,24H2,1-2H3. The summed E-state index contributed by atoms with van der Waals surface area (Å²) in [5.41, 5.74) is 12.2. The van der Waals surface area contributed by atoms with Gasteiger partial charge in [-0.2, -0.15) is 0 Å². The fourth-order valence-corrected chi connectivity index (χ4v) is 3.30. The SMILES string of the molecule is Cc1ccc(Oc2cc(-c3cccc(N)c3)c(N3CC=CC3)cc2C)cn1. The number of rotatable bonds is 4. The zero-order valence-electron chi connectivity index (χ0n) is 15.6. The average Bonchev–Trinajstić information content (AvgIpc) is 3.19. The van der Waals surface area contributed by atoms with Crippen molar-refractivity contribution < 1.29 is 4.74 Å². The highest BCUT2D eigenvalue weighted by molar-refractivity contribution is 5.83. The Balaban J connectivity index is 1.79. The fraction of sp³-hybridized carbons (Fsp3) is 0.174. The third kappa shape index (κ3) is 3.65. The highest BCUT2D eigenvalue weighted by Crippen LogP contribution is 2.39. The van der Waals surface area contributed by atoms with Crippen molar-refractivity contribution in [1.82, 2.24) is 4.98 Å². The van der Waals surface area contributed by atoms with E-state index in [4.69, 9.17) is 10.5 Å². The number of aromatic nitrogens is 1. The van der Waals surface area contributed by atoms with E-state index in [1.165, 1.54) is 5.69 Å². The molecule has 4 heteroatoms. The molecule has 0 amide bonds. The Morgan fingerprint density at radius 3 is 2.52 bits per heavy atom. The number of nitrogen functional groups attached to an aromatic ring is 1. The highest BCUT2D eigenvalue weighted by Gasteiger charge is 2.17. The van der Waals surface area contributed by atoms with Gasteiger partial charge >= 0.3 is 0 Å². The molecule has 2 heterocycles. The van der Waals surface area contributed by atoms with E-state index >= 15 is 0 Å². The second-order valence-corrected chi connectivity index (χ2v) is 6.87. The minimum Gasteiger partial charge on any atom is -0.455 e. The monoisotopic (exact) mass is 357 g/mol. The third-order valence-electron chi connectivity index (χ3n) is 4.76. The van der Waals surface area contributed by atoms with E-state index < -0.39 is 0 Å². The lowest BCUT2D eigenvalue weighted by atomic mass is 9.99. The Hall–Kier alpha value is -3.27. The summed E-state index contributed by atoms with van der Waals surface area (Å²) < 4.78 is 6.15. The van der Waals surface area contributed by atoms with Crippen molar-refractivity contribution in [1.29, 1.82) is 0 Å². The molecule has 4 nitrogen and oxygen atoms in total. The minimum absolute atomic E-state index is 0.734. The maximum Gasteiger partial charge on any atom is 0.145 e. The predicted octanol–water partition coefficient (Wildman–Crippen LogP) is 5.12. The van der Waals surface area contributed by atoms with Crippen molar-refractivity contribution >= 4 is 11.4 Å². The maximum atomic E-state index is 6.15. The second kappa shape index (κ2) is 7.16. The molecule has 0 bridgehead atoms. The molecule has 2 N–H and O–H groups in total. The lowest BCUT2D eigenvalue weighted by Crippen LogP contribution is -2.19. The first-order chi connectivity index (χ1) is 13.1. The molecule has 2 aromatic carbocycles. The van der Waals surface area contributed by atoms with Crippen LogP contribution in [0.2, 0.25) is 0 Å². The molecule has 1 aliphatic heterocycles. The Morgan fingerprint density at radius 2 is 1.81 bits per heavy atom. The highest BCUT2D eigenvalue weighted by atomic mass is 16.5. The summed E-state index contributed by atoms with van der Waals surface area (Å²) >= 11 is 0. The predicted molar refractivity (Wildman–Crippen MR) is 111 cm³/mol. The first kappa shape index (κ1) is 17.2. The van der Waals surface area contributed by atoms with Gasteiger partial charge < -0.3 is 15.4 Å². The summed E-state index contributed by atoms with van der Waals surface area (Å²) in [6, 6.07) is 16.2. The van der Waals surface area contributed by atoms with Gasteiger partial charge in [0.1, 0.15) is 11.5 Å². The molecular weight excluding hydrogens is 334 g/mol. The third-order valence-corrected chi connectivity index (χ3v) is 4.76. The molecule has 0 saturated heterocycles. The Morgan fingerprint density at radius 1 is 1.00 bits per heavy atom. The molecule has 0 saturated carbocycles. The fourth-order valence-electron chi connectivity index (χ4n) is 3.30. The van der Waals surface area contributed by atoms with Gasteiger partial charge in [0, 0.05) is 35.7 Å². The van der Waals surface area contributed by atoms with Crippen molar-refractivity contribution in [2.24, 2.45) is 0 Å². The maximum absolute atomic E-state index is 6.15. The van der Waals surface area contributed by atoms with Crippen LogP contribution < -0.4 is 15.4 Å². The van der Waals surface area contributed by atoms with Gasteiger partial charge in [0.05, 0.1) is 6.20 Å². The van der Waals surface area contributed by atoms with Crippen molar-refractivity contribution in [3.8, 4) is 22.6 Å². The van der Waals surface area contributed by atoms with Gasteiger partial charge in [-0.15, -0.1) is 0 Å². The molecule has 136 valence electrons. The number of ether oxygens (including phenoxy) is 1. The zero-order chi connectivity index (χ0) is 18.8. The molecule has 0 atom stereocenters. The van der Waals surface area contributed by atoms with E-state index in [1.54, 1.807) is 6.20 Å². The Kier molecular flexibility index (Phi) is 4.55. The number of aryl methyl sites for hydroxylation is 2. The van der Waals surface area contributed by atoms with Gasteiger partial charge in [-0.05, 0) is 61.4 Å². The van der Waals surface area contributed by atoms with Crippen molar-refractivity contribution in [2.45, 2.75) is 13.8 Å². The van der Waals surface area contributed by atoms with Crippen LogP contribution >= 0.6 is 0 Å². The van der Waals surface area contributed by atoms with E-state index in [0.717, 1.165) is 52.7 Å². The topological polar surface area (TPSA) is 51.4 Å². The molecule has 0 spiro atoms. The molecule has 4 rings (SSSR count). The number of benzene rings is 2. The van der Waals surface area contributed by atoms with Gasteiger partial charge in [0.15, 0.2) is 0 Å². The van der Waals surface area contributed by atoms with Crippen molar-refractivity contribution in [3.05, 3.63) is 78.1 Å². The summed E-state index contributed by atoms with van der Waals surface area (Å²) in [5, 5.41) is 0. The molecule has 1 aromatic heterocycles.